The van der Waals surface area contributed by atoms with Gasteiger partial charge in [0.25, 0.3) is 0 Å². The normalized spacial score (nSPS) is 18.2. The molecule has 0 spiro atoms. The Balaban J connectivity index is 4.18. The summed E-state index contributed by atoms with van der Waals surface area (Å²) < 4.78 is 0. The molecule has 0 bridgehead atoms. The van der Waals surface area contributed by atoms with Crippen molar-refractivity contribution in [2.75, 3.05) is 14.1 Å². The smallest absolute Gasteiger partial charge is 0.0140 e. The molecule has 1 nitrogen and oxygen atoms in total. The van der Waals surface area contributed by atoms with Crippen LogP contribution in [-0.4, -0.2) is 25.0 Å². The van der Waals surface area contributed by atoms with Gasteiger partial charge in [-0.25, -0.2) is 0 Å². The lowest BCUT2D eigenvalue weighted by Crippen LogP contribution is -2.39. The highest BCUT2D eigenvalue weighted by Crippen LogP contribution is 2.24. The van der Waals surface area contributed by atoms with Crippen molar-refractivity contribution in [3.05, 3.63) is 0 Å². The summed E-state index contributed by atoms with van der Waals surface area (Å²) in [6.45, 7) is 9.37. The van der Waals surface area contributed by atoms with Gasteiger partial charge < -0.3 is 4.90 Å². The zero-order valence-electron chi connectivity index (χ0n) is 11.0. The highest BCUT2D eigenvalue weighted by atomic mass is 15.1. The minimum Gasteiger partial charge on any atom is -0.306 e. The fourth-order valence-corrected chi connectivity index (χ4v) is 2.52. The predicted molar refractivity (Wildman–Crippen MR) is 65.6 cm³/mol. The minimum atomic E-state index is 0.756. The number of nitrogens with zero attached hydrogens (tertiary/aromatic N) is 1. The number of hydrogen-bond donors (Lipinski definition) is 0. The summed E-state index contributed by atoms with van der Waals surface area (Å²) in [5.74, 6) is 1.65. The maximum absolute atomic E-state index is 2.41. The highest BCUT2D eigenvalue weighted by molar-refractivity contribution is 4.77. The van der Waals surface area contributed by atoms with Crippen LogP contribution < -0.4 is 0 Å². The van der Waals surface area contributed by atoms with Gasteiger partial charge in [-0.3, -0.25) is 0 Å². The average Bonchev–Trinajstić information content (AvgIpc) is 2.14. The van der Waals surface area contributed by atoms with Gasteiger partial charge in [0.05, 0.1) is 0 Å². The van der Waals surface area contributed by atoms with Crippen molar-refractivity contribution in [3.63, 3.8) is 0 Å². The van der Waals surface area contributed by atoms with Crippen molar-refractivity contribution in [1.29, 1.82) is 0 Å². The molecular weight excluding hydrogens is 170 g/mol. The van der Waals surface area contributed by atoms with Gasteiger partial charge in [0.1, 0.15) is 0 Å². The molecule has 0 N–H and O–H groups in total. The summed E-state index contributed by atoms with van der Waals surface area (Å²) in [4.78, 5) is 2.41. The zero-order valence-corrected chi connectivity index (χ0v) is 11.0. The van der Waals surface area contributed by atoms with Crippen molar-refractivity contribution in [3.8, 4) is 0 Å². The predicted octanol–water partition coefficient (Wildman–Crippen LogP) is 3.79. The largest absolute Gasteiger partial charge is 0.306 e. The monoisotopic (exact) mass is 199 g/mol. The van der Waals surface area contributed by atoms with Gasteiger partial charge in [0, 0.05) is 6.04 Å². The summed E-state index contributed by atoms with van der Waals surface area (Å²) in [6, 6.07) is 0.756. The topological polar surface area (TPSA) is 3.24 Å². The fourth-order valence-electron chi connectivity index (χ4n) is 2.52. The van der Waals surface area contributed by atoms with E-state index >= 15 is 0 Å². The van der Waals surface area contributed by atoms with Crippen molar-refractivity contribution in [1.82, 2.24) is 4.90 Å². The molecule has 0 heterocycles. The fraction of sp³-hybridized carbons (Fsp3) is 1.00. The molecule has 0 fully saturated rings. The SMILES string of the molecule is CCCCC(C)C(C(C)CC)N(C)C. The van der Waals surface area contributed by atoms with E-state index in [0.29, 0.717) is 0 Å². The lowest BCUT2D eigenvalue weighted by molar-refractivity contribution is 0.147. The third-order valence-corrected chi connectivity index (χ3v) is 3.42. The quantitative estimate of drug-likeness (QED) is 0.603. The standard InChI is InChI=1S/C13H29N/c1-7-9-10-12(4)13(14(5)6)11(3)8-2/h11-13H,7-10H2,1-6H3. The molecule has 1 heteroatoms. The van der Waals surface area contributed by atoms with E-state index in [1.54, 1.807) is 0 Å². The molecule has 3 atom stereocenters. The summed E-state index contributed by atoms with van der Waals surface area (Å²) in [5.41, 5.74) is 0. The van der Waals surface area contributed by atoms with Crippen molar-refractivity contribution in [2.24, 2.45) is 11.8 Å². The van der Waals surface area contributed by atoms with E-state index < -0.39 is 0 Å². The molecule has 0 saturated heterocycles. The Hall–Kier alpha value is -0.0400. The van der Waals surface area contributed by atoms with Gasteiger partial charge in [0.2, 0.25) is 0 Å². The van der Waals surface area contributed by atoms with E-state index in [9.17, 15) is 0 Å². The first-order valence-electron chi connectivity index (χ1n) is 6.20. The van der Waals surface area contributed by atoms with Crippen LogP contribution in [0.5, 0.6) is 0 Å². The lowest BCUT2D eigenvalue weighted by atomic mass is 9.85. The van der Waals surface area contributed by atoms with E-state index in [2.05, 4.69) is 46.7 Å². The molecule has 0 aliphatic rings. The third-order valence-electron chi connectivity index (χ3n) is 3.42. The number of hydrogen-bond acceptors (Lipinski definition) is 1. The van der Waals surface area contributed by atoms with E-state index in [4.69, 9.17) is 0 Å². The second-order valence-electron chi connectivity index (χ2n) is 4.96. The molecule has 0 saturated carbocycles. The molecule has 0 aromatic rings. The van der Waals surface area contributed by atoms with Gasteiger partial charge in [-0.1, -0.05) is 47.0 Å². The van der Waals surface area contributed by atoms with Crippen molar-refractivity contribution >= 4 is 0 Å². The van der Waals surface area contributed by atoms with Crippen LogP contribution in [0, 0.1) is 11.8 Å². The van der Waals surface area contributed by atoms with Crippen molar-refractivity contribution < 1.29 is 0 Å². The highest BCUT2D eigenvalue weighted by Gasteiger charge is 2.23. The van der Waals surface area contributed by atoms with E-state index in [1.807, 2.05) is 0 Å². The van der Waals surface area contributed by atoms with E-state index in [0.717, 1.165) is 17.9 Å². The third kappa shape index (κ3) is 4.45. The molecule has 0 aliphatic carbocycles. The molecule has 0 aromatic heterocycles. The summed E-state index contributed by atoms with van der Waals surface area (Å²) in [7, 11) is 4.44. The van der Waals surface area contributed by atoms with Gasteiger partial charge in [-0.15, -0.1) is 0 Å². The first-order chi connectivity index (χ1) is 6.54. The van der Waals surface area contributed by atoms with Crippen LogP contribution in [0.4, 0.5) is 0 Å². The van der Waals surface area contributed by atoms with Crippen LogP contribution in [0.1, 0.15) is 53.4 Å². The molecular formula is C13H29N. The van der Waals surface area contributed by atoms with Gasteiger partial charge in [-0.2, -0.15) is 0 Å². The molecule has 0 aliphatic heterocycles. The molecule has 14 heavy (non-hydrogen) atoms. The Morgan fingerprint density at radius 2 is 1.57 bits per heavy atom. The van der Waals surface area contributed by atoms with Gasteiger partial charge >= 0.3 is 0 Å². The van der Waals surface area contributed by atoms with Crippen LogP contribution in [-0.2, 0) is 0 Å². The second-order valence-corrected chi connectivity index (χ2v) is 4.96. The second kappa shape index (κ2) is 7.28. The van der Waals surface area contributed by atoms with Crippen LogP contribution in [0.25, 0.3) is 0 Å². The summed E-state index contributed by atoms with van der Waals surface area (Å²) >= 11 is 0. The van der Waals surface area contributed by atoms with Gasteiger partial charge in [-0.05, 0) is 32.4 Å². The molecule has 3 unspecified atom stereocenters. The van der Waals surface area contributed by atoms with Crippen LogP contribution in [0.15, 0.2) is 0 Å². The minimum absolute atomic E-state index is 0.756. The Kier molecular flexibility index (Phi) is 7.26. The Morgan fingerprint density at radius 3 is 1.93 bits per heavy atom. The summed E-state index contributed by atoms with van der Waals surface area (Å²) in [5, 5.41) is 0. The molecule has 86 valence electrons. The Morgan fingerprint density at radius 1 is 1.00 bits per heavy atom. The number of unbranched alkanes of at least 4 members (excludes halogenated alkanes) is 1. The Labute approximate surface area is 90.9 Å². The van der Waals surface area contributed by atoms with Gasteiger partial charge in [0.15, 0.2) is 0 Å². The molecule has 0 amide bonds. The van der Waals surface area contributed by atoms with E-state index in [1.165, 1.54) is 25.7 Å². The number of rotatable bonds is 7. The maximum atomic E-state index is 2.41. The molecule has 0 radical (unpaired) electrons. The average molecular weight is 199 g/mol. The first kappa shape index (κ1) is 14.0. The lowest BCUT2D eigenvalue weighted by Gasteiger charge is -2.34. The van der Waals surface area contributed by atoms with Crippen LogP contribution >= 0.6 is 0 Å². The maximum Gasteiger partial charge on any atom is 0.0140 e. The first-order valence-corrected chi connectivity index (χ1v) is 6.20. The van der Waals surface area contributed by atoms with Crippen molar-refractivity contribution in [2.45, 2.75) is 59.4 Å². The van der Waals surface area contributed by atoms with Crippen LogP contribution in [0.2, 0.25) is 0 Å². The Bertz CT molecular complexity index is 131. The zero-order chi connectivity index (χ0) is 11.1. The van der Waals surface area contributed by atoms with E-state index in [-0.39, 0.29) is 0 Å². The van der Waals surface area contributed by atoms with Crippen LogP contribution in [0.3, 0.4) is 0 Å². The molecule has 0 aromatic carbocycles. The summed E-state index contributed by atoms with van der Waals surface area (Å²) in [6.07, 6.45) is 5.37. The molecule has 0 rings (SSSR count).